The summed E-state index contributed by atoms with van der Waals surface area (Å²) in [7, 11) is 0. The molecule has 0 unspecified atom stereocenters. The SMILES string of the molecule is C/C=N/OCC.CC. The van der Waals surface area contributed by atoms with Gasteiger partial charge in [0.25, 0.3) is 0 Å². The molecule has 0 aliphatic heterocycles. The molecule has 0 aromatic rings. The molecular formula is C6H15NO. The molecular weight excluding hydrogens is 102 g/mol. The minimum Gasteiger partial charge on any atom is -0.396 e. The second-order valence-electron chi connectivity index (χ2n) is 0.781. The first-order valence-electron chi connectivity index (χ1n) is 3.01. The van der Waals surface area contributed by atoms with Crippen LogP contribution < -0.4 is 0 Å². The zero-order valence-electron chi connectivity index (χ0n) is 6.14. The molecule has 0 aromatic heterocycles. The van der Waals surface area contributed by atoms with Crippen molar-refractivity contribution in [2.75, 3.05) is 6.61 Å². The Morgan fingerprint density at radius 2 is 2.00 bits per heavy atom. The predicted molar refractivity (Wildman–Crippen MR) is 37.1 cm³/mol. The molecule has 0 rings (SSSR count). The van der Waals surface area contributed by atoms with Crippen LogP contribution >= 0.6 is 0 Å². The molecule has 0 saturated heterocycles. The van der Waals surface area contributed by atoms with Crippen molar-refractivity contribution in [3.05, 3.63) is 0 Å². The first kappa shape index (κ1) is 10.5. The van der Waals surface area contributed by atoms with Crippen molar-refractivity contribution in [1.82, 2.24) is 0 Å². The fraction of sp³-hybridized carbons (Fsp3) is 0.833. The summed E-state index contributed by atoms with van der Waals surface area (Å²) < 4.78 is 0. The van der Waals surface area contributed by atoms with Crippen LogP contribution in [0.25, 0.3) is 0 Å². The van der Waals surface area contributed by atoms with Gasteiger partial charge < -0.3 is 4.84 Å². The normalized spacial score (nSPS) is 8.00. The van der Waals surface area contributed by atoms with Crippen molar-refractivity contribution >= 4 is 6.21 Å². The number of oxime groups is 1. The Morgan fingerprint density at radius 3 is 2.12 bits per heavy atom. The van der Waals surface area contributed by atoms with Gasteiger partial charge in [-0.3, -0.25) is 0 Å². The fourth-order valence-corrected chi connectivity index (χ4v) is 0.149. The summed E-state index contributed by atoms with van der Waals surface area (Å²) in [6.45, 7) is 8.37. The first-order chi connectivity index (χ1) is 3.91. The Hall–Kier alpha value is -0.530. The minimum atomic E-state index is 0.657. The number of hydrogen-bond donors (Lipinski definition) is 0. The lowest BCUT2D eigenvalue weighted by atomic mass is 10.9. The maximum atomic E-state index is 4.55. The van der Waals surface area contributed by atoms with Crippen molar-refractivity contribution in [1.29, 1.82) is 0 Å². The van der Waals surface area contributed by atoms with Crippen LogP contribution in [-0.2, 0) is 4.84 Å². The van der Waals surface area contributed by atoms with Gasteiger partial charge >= 0.3 is 0 Å². The van der Waals surface area contributed by atoms with Gasteiger partial charge in [0.2, 0.25) is 0 Å². The number of nitrogens with zero attached hydrogens (tertiary/aromatic N) is 1. The van der Waals surface area contributed by atoms with E-state index in [4.69, 9.17) is 0 Å². The van der Waals surface area contributed by atoms with E-state index in [9.17, 15) is 0 Å². The Kier molecular flexibility index (Phi) is 21.0. The highest BCUT2D eigenvalue weighted by Crippen LogP contribution is 1.67. The largest absolute Gasteiger partial charge is 0.396 e. The maximum absolute atomic E-state index is 4.55. The summed E-state index contributed by atoms with van der Waals surface area (Å²) in [5.74, 6) is 0. The maximum Gasteiger partial charge on any atom is 0.114 e. The number of hydrogen-bond acceptors (Lipinski definition) is 2. The summed E-state index contributed by atoms with van der Waals surface area (Å²) in [5, 5.41) is 3.47. The van der Waals surface area contributed by atoms with Gasteiger partial charge in [-0.2, -0.15) is 0 Å². The zero-order valence-corrected chi connectivity index (χ0v) is 6.14. The molecule has 0 radical (unpaired) electrons. The molecule has 0 spiro atoms. The van der Waals surface area contributed by atoms with Crippen LogP contribution in [0.5, 0.6) is 0 Å². The van der Waals surface area contributed by atoms with Gasteiger partial charge in [-0.05, 0) is 13.8 Å². The predicted octanol–water partition coefficient (Wildman–Crippen LogP) is 2.05. The van der Waals surface area contributed by atoms with Gasteiger partial charge in [0.05, 0.1) is 0 Å². The third kappa shape index (κ3) is 17.9. The smallest absolute Gasteiger partial charge is 0.114 e. The van der Waals surface area contributed by atoms with E-state index < -0.39 is 0 Å². The molecule has 0 saturated carbocycles. The van der Waals surface area contributed by atoms with Gasteiger partial charge in [-0.25, -0.2) is 0 Å². The molecule has 2 nitrogen and oxygen atoms in total. The minimum absolute atomic E-state index is 0.657. The zero-order chi connectivity index (χ0) is 6.83. The van der Waals surface area contributed by atoms with E-state index >= 15 is 0 Å². The van der Waals surface area contributed by atoms with Crippen LogP contribution in [-0.4, -0.2) is 12.8 Å². The summed E-state index contributed by atoms with van der Waals surface area (Å²) >= 11 is 0. The van der Waals surface area contributed by atoms with E-state index in [0.29, 0.717) is 6.61 Å². The third-order valence-electron chi connectivity index (χ3n) is 0.309. The molecule has 0 fully saturated rings. The molecule has 0 aromatic carbocycles. The van der Waals surface area contributed by atoms with Crippen LogP contribution in [0.3, 0.4) is 0 Å². The first-order valence-corrected chi connectivity index (χ1v) is 3.01. The lowest BCUT2D eigenvalue weighted by molar-refractivity contribution is 0.160. The van der Waals surface area contributed by atoms with Crippen LogP contribution in [0.15, 0.2) is 5.16 Å². The van der Waals surface area contributed by atoms with Crippen molar-refractivity contribution in [3.63, 3.8) is 0 Å². The van der Waals surface area contributed by atoms with E-state index in [-0.39, 0.29) is 0 Å². The molecule has 0 aliphatic carbocycles. The van der Waals surface area contributed by atoms with E-state index in [0.717, 1.165) is 0 Å². The van der Waals surface area contributed by atoms with Crippen LogP contribution in [0.1, 0.15) is 27.7 Å². The van der Waals surface area contributed by atoms with Crippen molar-refractivity contribution in [2.24, 2.45) is 5.16 Å². The van der Waals surface area contributed by atoms with E-state index in [1.54, 1.807) is 6.21 Å². The van der Waals surface area contributed by atoms with E-state index in [1.807, 2.05) is 27.7 Å². The average Bonchev–Trinajstić information content (AvgIpc) is 1.88. The molecule has 0 atom stereocenters. The van der Waals surface area contributed by atoms with Crippen molar-refractivity contribution in [3.8, 4) is 0 Å². The molecule has 50 valence electrons. The van der Waals surface area contributed by atoms with Crippen LogP contribution in [0.4, 0.5) is 0 Å². The van der Waals surface area contributed by atoms with Crippen LogP contribution in [0.2, 0.25) is 0 Å². The van der Waals surface area contributed by atoms with E-state index in [1.165, 1.54) is 0 Å². The van der Waals surface area contributed by atoms with Gasteiger partial charge in [0.15, 0.2) is 0 Å². The topological polar surface area (TPSA) is 21.6 Å². The standard InChI is InChI=1S/C4H9NO.C2H6/c1-3-5-6-4-2;1-2/h3H,4H2,1-2H3;1-2H3/b5-3+;. The Balaban J connectivity index is 0. The lowest BCUT2D eigenvalue weighted by Crippen LogP contribution is -1.75. The second kappa shape index (κ2) is 16.1. The van der Waals surface area contributed by atoms with E-state index in [2.05, 4.69) is 9.99 Å². The average molecular weight is 117 g/mol. The summed E-state index contributed by atoms with van der Waals surface area (Å²) in [4.78, 5) is 4.55. The summed E-state index contributed by atoms with van der Waals surface area (Å²) in [6, 6.07) is 0. The van der Waals surface area contributed by atoms with Gasteiger partial charge in [0.1, 0.15) is 6.61 Å². The quantitative estimate of drug-likeness (QED) is 0.400. The van der Waals surface area contributed by atoms with Gasteiger partial charge in [-0.1, -0.05) is 19.0 Å². The number of rotatable bonds is 2. The summed E-state index contributed by atoms with van der Waals surface area (Å²) in [5.41, 5.74) is 0. The molecule has 0 amide bonds. The van der Waals surface area contributed by atoms with Crippen LogP contribution in [0, 0.1) is 0 Å². The third-order valence-corrected chi connectivity index (χ3v) is 0.309. The lowest BCUT2D eigenvalue weighted by Gasteiger charge is -1.84. The highest BCUT2D eigenvalue weighted by atomic mass is 16.6. The van der Waals surface area contributed by atoms with Gasteiger partial charge in [0, 0.05) is 6.21 Å². The molecule has 8 heavy (non-hydrogen) atoms. The monoisotopic (exact) mass is 117 g/mol. The molecule has 0 N–H and O–H groups in total. The van der Waals surface area contributed by atoms with Crippen molar-refractivity contribution < 1.29 is 4.84 Å². The molecule has 0 heterocycles. The van der Waals surface area contributed by atoms with Crippen molar-refractivity contribution in [2.45, 2.75) is 27.7 Å². The highest BCUT2D eigenvalue weighted by molar-refractivity contribution is 5.52. The fourth-order valence-electron chi connectivity index (χ4n) is 0.149. The Labute approximate surface area is 51.5 Å². The second-order valence-corrected chi connectivity index (χ2v) is 0.781. The Bertz CT molecular complexity index is 43.8. The molecule has 2 heteroatoms. The molecule has 0 bridgehead atoms. The summed E-state index contributed by atoms with van der Waals surface area (Å²) in [6.07, 6.45) is 1.61. The molecule has 0 aliphatic rings. The Morgan fingerprint density at radius 1 is 1.50 bits per heavy atom. The highest BCUT2D eigenvalue weighted by Gasteiger charge is 1.60. The van der Waals surface area contributed by atoms with Gasteiger partial charge in [-0.15, -0.1) is 0 Å².